The van der Waals surface area contributed by atoms with Crippen LogP contribution in [0.25, 0.3) is 0 Å². The lowest BCUT2D eigenvalue weighted by Crippen LogP contribution is -2.26. The Labute approximate surface area is 108 Å². The number of likely N-dealkylation sites (N-methyl/N-ethyl adjacent to an activating group) is 1. The third kappa shape index (κ3) is 5.19. The molecule has 1 rings (SSSR count). The number of hydrogen-bond acceptors (Lipinski definition) is 3. The van der Waals surface area contributed by atoms with Crippen molar-refractivity contribution in [3.05, 3.63) is 29.3 Å². The average Bonchev–Trinajstić information content (AvgIpc) is 2.31. The van der Waals surface area contributed by atoms with Gasteiger partial charge in [-0.3, -0.25) is 4.79 Å². The van der Waals surface area contributed by atoms with Gasteiger partial charge in [0, 0.05) is 13.1 Å². The summed E-state index contributed by atoms with van der Waals surface area (Å²) in [5, 5.41) is 8.57. The van der Waals surface area contributed by atoms with E-state index in [1.807, 2.05) is 37.9 Å². The molecule has 0 spiro atoms. The molecule has 1 aromatic rings. The van der Waals surface area contributed by atoms with Gasteiger partial charge in [0.25, 0.3) is 0 Å². The van der Waals surface area contributed by atoms with E-state index in [0.717, 1.165) is 17.9 Å². The summed E-state index contributed by atoms with van der Waals surface area (Å²) in [6.07, 6.45) is 0.167. The Kier molecular flexibility index (Phi) is 5.65. The van der Waals surface area contributed by atoms with E-state index in [9.17, 15) is 4.79 Å². The fourth-order valence-corrected chi connectivity index (χ4v) is 1.57. The van der Waals surface area contributed by atoms with Gasteiger partial charge < -0.3 is 14.7 Å². The zero-order valence-corrected chi connectivity index (χ0v) is 11.3. The molecule has 0 aliphatic carbocycles. The fraction of sp³-hybridized carbons (Fsp3) is 0.500. The predicted octanol–water partition coefficient (Wildman–Crippen LogP) is 2.09. The van der Waals surface area contributed by atoms with E-state index in [2.05, 4.69) is 6.07 Å². The number of aryl methyl sites for hydroxylation is 2. The number of rotatable bonds is 7. The van der Waals surface area contributed by atoms with Crippen LogP contribution in [0.3, 0.4) is 0 Å². The number of carboxylic acids is 1. The van der Waals surface area contributed by atoms with E-state index in [4.69, 9.17) is 9.84 Å². The van der Waals surface area contributed by atoms with Crippen LogP contribution in [0.15, 0.2) is 18.2 Å². The molecular weight excluding hydrogens is 230 g/mol. The van der Waals surface area contributed by atoms with Crippen molar-refractivity contribution in [2.24, 2.45) is 0 Å². The first-order valence-corrected chi connectivity index (χ1v) is 6.09. The van der Waals surface area contributed by atoms with Crippen molar-refractivity contribution in [3.8, 4) is 5.75 Å². The van der Waals surface area contributed by atoms with Crippen molar-refractivity contribution in [3.63, 3.8) is 0 Å². The van der Waals surface area contributed by atoms with Crippen molar-refractivity contribution in [1.29, 1.82) is 0 Å². The number of hydrogen-bond donors (Lipinski definition) is 1. The Morgan fingerprint density at radius 2 is 2.06 bits per heavy atom. The van der Waals surface area contributed by atoms with Crippen molar-refractivity contribution in [2.45, 2.75) is 20.3 Å². The molecule has 0 atom stereocenters. The van der Waals surface area contributed by atoms with Gasteiger partial charge in [-0.05, 0) is 38.1 Å². The second-order valence-corrected chi connectivity index (χ2v) is 4.56. The highest BCUT2D eigenvalue weighted by molar-refractivity contribution is 5.66. The lowest BCUT2D eigenvalue weighted by atomic mass is 10.1. The van der Waals surface area contributed by atoms with Crippen LogP contribution in [-0.2, 0) is 4.79 Å². The third-order valence-corrected chi connectivity index (χ3v) is 2.78. The Hall–Kier alpha value is -1.55. The van der Waals surface area contributed by atoms with E-state index < -0.39 is 5.97 Å². The van der Waals surface area contributed by atoms with Gasteiger partial charge in [0.15, 0.2) is 0 Å². The van der Waals surface area contributed by atoms with E-state index in [-0.39, 0.29) is 6.42 Å². The van der Waals surface area contributed by atoms with Crippen molar-refractivity contribution >= 4 is 5.97 Å². The first-order chi connectivity index (χ1) is 8.49. The zero-order valence-electron chi connectivity index (χ0n) is 11.3. The summed E-state index contributed by atoms with van der Waals surface area (Å²) in [5.74, 6) is 0.138. The van der Waals surface area contributed by atoms with Gasteiger partial charge in [0.2, 0.25) is 0 Å². The maximum atomic E-state index is 10.4. The Morgan fingerprint density at radius 3 is 2.72 bits per heavy atom. The minimum absolute atomic E-state index is 0.167. The molecule has 1 N–H and O–H groups in total. The highest BCUT2D eigenvalue weighted by Gasteiger charge is 2.04. The molecule has 4 nitrogen and oxygen atoms in total. The number of carboxylic acid groups (broad SMARTS) is 1. The lowest BCUT2D eigenvalue weighted by Gasteiger charge is -2.16. The third-order valence-electron chi connectivity index (χ3n) is 2.78. The van der Waals surface area contributed by atoms with E-state index in [0.29, 0.717) is 13.2 Å². The molecule has 0 aliphatic heterocycles. The molecule has 0 radical (unpaired) electrons. The zero-order chi connectivity index (χ0) is 13.5. The number of carbonyl (C=O) groups is 1. The molecule has 4 heteroatoms. The minimum Gasteiger partial charge on any atom is -0.492 e. The normalized spacial score (nSPS) is 10.7. The molecular formula is C14H21NO3. The summed E-state index contributed by atoms with van der Waals surface area (Å²) in [4.78, 5) is 12.4. The Bertz CT molecular complexity index is 404. The smallest absolute Gasteiger partial charge is 0.304 e. The van der Waals surface area contributed by atoms with Crippen molar-refractivity contribution in [1.82, 2.24) is 4.90 Å². The monoisotopic (exact) mass is 251 g/mol. The summed E-state index contributed by atoms with van der Waals surface area (Å²) in [7, 11) is 1.90. The predicted molar refractivity (Wildman–Crippen MR) is 71.2 cm³/mol. The van der Waals surface area contributed by atoms with Crippen LogP contribution in [0.2, 0.25) is 0 Å². The summed E-state index contributed by atoms with van der Waals surface area (Å²) in [6.45, 7) is 5.89. The van der Waals surface area contributed by atoms with Gasteiger partial charge in [-0.25, -0.2) is 0 Å². The van der Waals surface area contributed by atoms with Crippen LogP contribution in [-0.4, -0.2) is 42.7 Å². The summed E-state index contributed by atoms with van der Waals surface area (Å²) in [6, 6.07) is 6.12. The Balaban J connectivity index is 2.32. The molecule has 0 bridgehead atoms. The summed E-state index contributed by atoms with van der Waals surface area (Å²) in [5.41, 5.74) is 2.30. The second kappa shape index (κ2) is 7.01. The first-order valence-electron chi connectivity index (χ1n) is 6.09. The number of aliphatic carboxylic acids is 1. The largest absolute Gasteiger partial charge is 0.492 e. The molecule has 0 fully saturated rings. The van der Waals surface area contributed by atoms with Gasteiger partial charge >= 0.3 is 5.97 Å². The standard InChI is InChI=1S/C14H21NO3/c1-11-4-5-12(2)13(10-11)18-9-8-15(3)7-6-14(16)17/h4-5,10H,6-9H2,1-3H3,(H,16,17). The first kappa shape index (κ1) is 14.5. The van der Waals surface area contributed by atoms with Crippen LogP contribution in [0.5, 0.6) is 5.75 Å². The van der Waals surface area contributed by atoms with Crippen LogP contribution in [0.1, 0.15) is 17.5 Å². The molecule has 0 aromatic heterocycles. The van der Waals surface area contributed by atoms with Crippen LogP contribution < -0.4 is 4.74 Å². The highest BCUT2D eigenvalue weighted by Crippen LogP contribution is 2.18. The van der Waals surface area contributed by atoms with E-state index in [1.54, 1.807) is 0 Å². The van der Waals surface area contributed by atoms with Gasteiger partial charge in [0.1, 0.15) is 12.4 Å². The van der Waals surface area contributed by atoms with E-state index >= 15 is 0 Å². The number of ether oxygens (including phenoxy) is 1. The molecule has 0 aliphatic rings. The van der Waals surface area contributed by atoms with Crippen LogP contribution >= 0.6 is 0 Å². The lowest BCUT2D eigenvalue weighted by molar-refractivity contribution is -0.137. The quantitative estimate of drug-likeness (QED) is 0.806. The van der Waals surface area contributed by atoms with Gasteiger partial charge in [-0.1, -0.05) is 12.1 Å². The highest BCUT2D eigenvalue weighted by atomic mass is 16.5. The molecule has 0 unspecified atom stereocenters. The topological polar surface area (TPSA) is 49.8 Å². The van der Waals surface area contributed by atoms with Crippen LogP contribution in [0, 0.1) is 13.8 Å². The summed E-state index contributed by atoms with van der Waals surface area (Å²) < 4.78 is 5.71. The maximum Gasteiger partial charge on any atom is 0.304 e. The molecule has 0 heterocycles. The van der Waals surface area contributed by atoms with Crippen LogP contribution in [0.4, 0.5) is 0 Å². The van der Waals surface area contributed by atoms with Gasteiger partial charge in [0.05, 0.1) is 6.42 Å². The maximum absolute atomic E-state index is 10.4. The second-order valence-electron chi connectivity index (χ2n) is 4.56. The number of benzene rings is 1. The van der Waals surface area contributed by atoms with Gasteiger partial charge in [-0.15, -0.1) is 0 Å². The molecule has 0 amide bonds. The van der Waals surface area contributed by atoms with Crippen molar-refractivity contribution < 1.29 is 14.6 Å². The number of nitrogens with zero attached hydrogens (tertiary/aromatic N) is 1. The SMILES string of the molecule is Cc1ccc(C)c(OCCN(C)CCC(=O)O)c1. The summed E-state index contributed by atoms with van der Waals surface area (Å²) >= 11 is 0. The molecule has 0 saturated carbocycles. The Morgan fingerprint density at radius 1 is 1.33 bits per heavy atom. The van der Waals surface area contributed by atoms with E-state index in [1.165, 1.54) is 5.56 Å². The minimum atomic E-state index is -0.766. The molecule has 1 aromatic carbocycles. The molecule has 18 heavy (non-hydrogen) atoms. The van der Waals surface area contributed by atoms with Gasteiger partial charge in [-0.2, -0.15) is 0 Å². The fourth-order valence-electron chi connectivity index (χ4n) is 1.57. The molecule has 100 valence electrons. The molecule has 0 saturated heterocycles. The van der Waals surface area contributed by atoms with Crippen molar-refractivity contribution in [2.75, 3.05) is 26.7 Å². The average molecular weight is 251 g/mol.